The zero-order valence-corrected chi connectivity index (χ0v) is 21.5. The van der Waals surface area contributed by atoms with Gasteiger partial charge in [-0.05, 0) is 31.2 Å². The van der Waals surface area contributed by atoms with Crippen LogP contribution in [0.15, 0.2) is 45.6 Å². The molecular weight excluding hydrogens is 548 g/mol. The van der Waals surface area contributed by atoms with Gasteiger partial charge in [0.2, 0.25) is 0 Å². The molecule has 0 bridgehead atoms. The van der Waals surface area contributed by atoms with E-state index in [2.05, 4.69) is 0 Å². The second-order valence-corrected chi connectivity index (χ2v) is 10.1. The molecule has 0 unspecified atom stereocenters. The maximum absolute atomic E-state index is 13.1. The van der Waals surface area contributed by atoms with Gasteiger partial charge in [-0.1, -0.05) is 0 Å². The van der Waals surface area contributed by atoms with Crippen LogP contribution in [0.5, 0.6) is 17.2 Å². The summed E-state index contributed by atoms with van der Waals surface area (Å²) in [6.07, 6.45) is -16.0. The van der Waals surface area contributed by atoms with E-state index < -0.39 is 84.8 Å². The molecule has 41 heavy (non-hydrogen) atoms. The van der Waals surface area contributed by atoms with Gasteiger partial charge in [0.25, 0.3) is 0 Å². The van der Waals surface area contributed by atoms with Crippen LogP contribution in [-0.2, 0) is 14.2 Å². The number of hydrogen-bond donors (Lipinski definition) is 9. The number of phenolic OH excluding ortho intramolecular Hbond substituents is 3. The predicted molar refractivity (Wildman–Crippen MR) is 137 cm³/mol. The Kier molecular flexibility index (Phi) is 7.95. The molecule has 5 rings (SSSR count). The number of aliphatic hydroxyl groups excluding tert-OH is 6. The molecule has 3 heterocycles. The first-order valence-electron chi connectivity index (χ1n) is 12.7. The number of aromatic hydroxyl groups is 3. The van der Waals surface area contributed by atoms with E-state index in [0.717, 1.165) is 12.1 Å². The summed E-state index contributed by atoms with van der Waals surface area (Å²) in [6.45, 7) is 0.613. The Labute approximate surface area is 231 Å². The fourth-order valence-corrected chi connectivity index (χ4v) is 5.12. The first kappa shape index (κ1) is 29.2. The molecular formula is C27H30O14. The molecule has 3 aromatic rings. The minimum absolute atomic E-state index is 0.0294. The van der Waals surface area contributed by atoms with Crippen LogP contribution >= 0.6 is 0 Å². The van der Waals surface area contributed by atoms with E-state index in [1.165, 1.54) is 31.2 Å². The number of aliphatic hydroxyl groups is 6. The van der Waals surface area contributed by atoms with Crippen LogP contribution in [0.4, 0.5) is 0 Å². The van der Waals surface area contributed by atoms with Crippen LogP contribution in [0.1, 0.15) is 18.6 Å². The van der Waals surface area contributed by atoms with Gasteiger partial charge in [-0.2, -0.15) is 0 Å². The first-order valence-corrected chi connectivity index (χ1v) is 12.7. The number of fused-ring (bicyclic) bond motifs is 1. The molecule has 222 valence electrons. The van der Waals surface area contributed by atoms with Crippen molar-refractivity contribution in [3.05, 3.63) is 52.2 Å². The van der Waals surface area contributed by atoms with Gasteiger partial charge in [0, 0.05) is 17.7 Å². The molecule has 2 fully saturated rings. The Morgan fingerprint density at radius 1 is 0.829 bits per heavy atom. The summed E-state index contributed by atoms with van der Waals surface area (Å²) >= 11 is 0. The van der Waals surface area contributed by atoms with Crippen molar-refractivity contribution in [2.24, 2.45) is 0 Å². The fourth-order valence-electron chi connectivity index (χ4n) is 5.12. The molecule has 0 saturated carbocycles. The predicted octanol–water partition coefficient (Wildman–Crippen LogP) is -1.06. The molecule has 0 spiro atoms. The summed E-state index contributed by atoms with van der Waals surface area (Å²) in [6, 6.07) is 7.53. The molecule has 2 aliphatic rings. The monoisotopic (exact) mass is 578 g/mol. The van der Waals surface area contributed by atoms with Gasteiger partial charge in [-0.3, -0.25) is 4.79 Å². The topological polar surface area (TPSA) is 240 Å². The number of ether oxygens (including phenoxy) is 3. The van der Waals surface area contributed by atoms with E-state index in [4.69, 9.17) is 18.6 Å². The van der Waals surface area contributed by atoms with E-state index in [0.29, 0.717) is 5.56 Å². The highest BCUT2D eigenvalue weighted by atomic mass is 16.7. The lowest BCUT2D eigenvalue weighted by atomic mass is 9.89. The van der Waals surface area contributed by atoms with Crippen molar-refractivity contribution in [1.29, 1.82) is 0 Å². The number of phenols is 3. The molecule has 10 atom stereocenters. The van der Waals surface area contributed by atoms with Crippen molar-refractivity contribution in [2.45, 2.75) is 68.1 Å². The SMILES string of the molecule is C[C@H]1O[C@@H](O[C@@H]2[C@@H](O)[C@H](O)[C@@H](CO)O[C@H]2c2c(O)cc(O)c3c(=O)cc(-c4ccc(O)cc4)oc23)[C@@H](O)[C@@H](O)[C@@H]1O. The minimum atomic E-state index is -1.85. The van der Waals surface area contributed by atoms with Gasteiger partial charge in [-0.15, -0.1) is 0 Å². The molecule has 14 heteroatoms. The van der Waals surface area contributed by atoms with E-state index in [1.807, 2.05) is 0 Å². The van der Waals surface area contributed by atoms with E-state index >= 15 is 0 Å². The normalized spacial score (nSPS) is 34.1. The fraction of sp³-hybridized carbons (Fsp3) is 0.444. The van der Waals surface area contributed by atoms with Crippen molar-refractivity contribution < 1.29 is 64.6 Å². The van der Waals surface area contributed by atoms with Crippen molar-refractivity contribution in [3.8, 4) is 28.6 Å². The maximum atomic E-state index is 13.1. The molecule has 9 N–H and O–H groups in total. The zero-order chi connectivity index (χ0) is 29.7. The standard InChI is InChI=1S/C27H30O14/c1-9-19(33)21(35)23(37)27(38-9)41-26-22(36)20(34)16(8-28)40-25(26)18-13(31)6-12(30)17-14(32)7-15(39-24(17)18)10-2-4-11(29)5-3-10/h2-7,9,16,19-23,25-31,33-37H,8H2,1H3/t9-,16-,19-,20-,21+,22+,23+,25+,26-,27+/m1/s1. The number of hydrogen-bond acceptors (Lipinski definition) is 14. The van der Waals surface area contributed by atoms with E-state index in [-0.39, 0.29) is 28.0 Å². The average Bonchev–Trinajstić information content (AvgIpc) is 2.93. The summed E-state index contributed by atoms with van der Waals surface area (Å²) in [7, 11) is 0. The highest BCUT2D eigenvalue weighted by Crippen LogP contribution is 2.45. The third-order valence-electron chi connectivity index (χ3n) is 7.40. The van der Waals surface area contributed by atoms with Crippen molar-refractivity contribution in [3.63, 3.8) is 0 Å². The minimum Gasteiger partial charge on any atom is -0.508 e. The van der Waals surface area contributed by atoms with Crippen molar-refractivity contribution in [1.82, 2.24) is 0 Å². The highest BCUT2D eigenvalue weighted by molar-refractivity contribution is 5.89. The summed E-state index contributed by atoms with van der Waals surface area (Å²) in [5, 5.41) is 93.0. The quantitative estimate of drug-likeness (QED) is 0.175. The van der Waals surface area contributed by atoms with Crippen LogP contribution in [0.3, 0.4) is 0 Å². The Bertz CT molecular complexity index is 1460. The Morgan fingerprint density at radius 2 is 1.51 bits per heavy atom. The molecule has 2 aliphatic heterocycles. The largest absolute Gasteiger partial charge is 0.508 e. The molecule has 1 aromatic heterocycles. The van der Waals surface area contributed by atoms with Crippen LogP contribution in [0.25, 0.3) is 22.3 Å². The maximum Gasteiger partial charge on any atom is 0.197 e. The Balaban J connectivity index is 1.67. The lowest BCUT2D eigenvalue weighted by Crippen LogP contribution is -2.61. The molecule has 14 nitrogen and oxygen atoms in total. The highest BCUT2D eigenvalue weighted by Gasteiger charge is 2.51. The molecule has 0 amide bonds. The van der Waals surface area contributed by atoms with Crippen molar-refractivity contribution >= 4 is 11.0 Å². The van der Waals surface area contributed by atoms with Gasteiger partial charge in [0.1, 0.15) is 77.2 Å². The summed E-state index contributed by atoms with van der Waals surface area (Å²) in [5.41, 5.74) is -1.08. The van der Waals surface area contributed by atoms with Gasteiger partial charge in [-0.25, -0.2) is 0 Å². The zero-order valence-electron chi connectivity index (χ0n) is 21.5. The van der Waals surface area contributed by atoms with E-state index in [9.17, 15) is 50.8 Å². The van der Waals surface area contributed by atoms with Crippen LogP contribution in [-0.4, -0.2) is 108 Å². The number of rotatable bonds is 5. The lowest BCUT2D eigenvalue weighted by molar-refractivity contribution is -0.338. The summed E-state index contributed by atoms with van der Waals surface area (Å²) < 4.78 is 23.0. The molecule has 2 saturated heterocycles. The average molecular weight is 579 g/mol. The third kappa shape index (κ3) is 5.14. The van der Waals surface area contributed by atoms with Gasteiger partial charge >= 0.3 is 0 Å². The Hall–Kier alpha value is -3.31. The summed E-state index contributed by atoms with van der Waals surface area (Å²) in [4.78, 5) is 13.1. The lowest BCUT2D eigenvalue weighted by Gasteiger charge is -2.46. The third-order valence-corrected chi connectivity index (χ3v) is 7.40. The Morgan fingerprint density at radius 3 is 2.17 bits per heavy atom. The number of benzene rings is 2. The molecule has 2 aromatic carbocycles. The van der Waals surface area contributed by atoms with Gasteiger partial charge in [0.05, 0.1) is 18.3 Å². The smallest absolute Gasteiger partial charge is 0.197 e. The van der Waals surface area contributed by atoms with Crippen LogP contribution in [0.2, 0.25) is 0 Å². The van der Waals surface area contributed by atoms with Crippen LogP contribution in [0, 0.1) is 0 Å². The van der Waals surface area contributed by atoms with E-state index in [1.54, 1.807) is 0 Å². The molecule has 0 radical (unpaired) electrons. The molecule has 0 aliphatic carbocycles. The second kappa shape index (κ2) is 11.2. The van der Waals surface area contributed by atoms with Gasteiger partial charge < -0.3 is 64.6 Å². The first-order chi connectivity index (χ1) is 19.4. The van der Waals surface area contributed by atoms with Crippen LogP contribution < -0.4 is 5.43 Å². The van der Waals surface area contributed by atoms with Gasteiger partial charge in [0.15, 0.2) is 17.3 Å². The summed E-state index contributed by atoms with van der Waals surface area (Å²) in [5.74, 6) is -1.39. The van der Waals surface area contributed by atoms with Crippen molar-refractivity contribution in [2.75, 3.05) is 6.61 Å². The second-order valence-electron chi connectivity index (χ2n) is 10.1.